The third-order valence-electron chi connectivity index (χ3n) is 4.09. The molecule has 6 heteroatoms. The molecule has 21 heavy (non-hydrogen) atoms. The van der Waals surface area contributed by atoms with Crippen LogP contribution in [-0.2, 0) is 0 Å². The van der Waals surface area contributed by atoms with E-state index in [0.717, 1.165) is 32.5 Å². The summed E-state index contributed by atoms with van der Waals surface area (Å²) in [6.07, 6.45) is 3.90. The number of pyridine rings is 1. The number of piperidine rings is 1. The van der Waals surface area contributed by atoms with E-state index in [-0.39, 0.29) is 16.7 Å². The number of aromatic nitrogens is 1. The lowest BCUT2D eigenvalue weighted by Crippen LogP contribution is -2.40. The Morgan fingerprint density at radius 1 is 1.48 bits per heavy atom. The van der Waals surface area contributed by atoms with E-state index in [1.54, 1.807) is 19.2 Å². The number of aryl methyl sites for hydroxylation is 1. The molecule has 0 radical (unpaired) electrons. The third-order valence-corrected chi connectivity index (χ3v) is 4.09. The van der Waals surface area contributed by atoms with Crippen molar-refractivity contribution in [1.29, 1.82) is 0 Å². The standard InChI is InChI=1S/C15H24N4O2/c1-11(2)18(10-13-4-6-16-7-5-13)15-8-14(19(20)21)12(3)9-17-15/h8-9,11,13,16H,4-7,10H2,1-3H3. The van der Waals surface area contributed by atoms with Gasteiger partial charge in [-0.15, -0.1) is 0 Å². The Bertz CT molecular complexity index is 498. The predicted octanol–water partition coefficient (Wildman–Crippen LogP) is 2.51. The van der Waals surface area contributed by atoms with Crippen molar-refractivity contribution in [2.75, 3.05) is 24.5 Å². The van der Waals surface area contributed by atoms with Crippen LogP contribution in [0.3, 0.4) is 0 Å². The average Bonchev–Trinajstić information content (AvgIpc) is 2.46. The van der Waals surface area contributed by atoms with Crippen LogP contribution >= 0.6 is 0 Å². The zero-order valence-corrected chi connectivity index (χ0v) is 13.0. The molecule has 0 amide bonds. The zero-order chi connectivity index (χ0) is 15.4. The molecule has 1 saturated heterocycles. The van der Waals surface area contributed by atoms with Crippen LogP contribution in [0.5, 0.6) is 0 Å². The van der Waals surface area contributed by atoms with E-state index in [4.69, 9.17) is 0 Å². The minimum Gasteiger partial charge on any atom is -0.354 e. The largest absolute Gasteiger partial charge is 0.354 e. The maximum absolute atomic E-state index is 11.1. The summed E-state index contributed by atoms with van der Waals surface area (Å²) in [5.74, 6) is 1.33. The van der Waals surface area contributed by atoms with Crippen molar-refractivity contribution in [1.82, 2.24) is 10.3 Å². The summed E-state index contributed by atoms with van der Waals surface area (Å²) in [4.78, 5) is 17.4. The van der Waals surface area contributed by atoms with Crippen molar-refractivity contribution >= 4 is 11.5 Å². The van der Waals surface area contributed by atoms with Crippen molar-refractivity contribution < 1.29 is 4.92 Å². The van der Waals surface area contributed by atoms with Gasteiger partial charge in [0, 0.05) is 24.3 Å². The van der Waals surface area contributed by atoms with Crippen LogP contribution in [0.1, 0.15) is 32.3 Å². The minimum absolute atomic E-state index is 0.149. The molecule has 0 unspecified atom stereocenters. The topological polar surface area (TPSA) is 71.3 Å². The maximum atomic E-state index is 11.1. The fourth-order valence-electron chi connectivity index (χ4n) is 2.77. The molecule has 0 aromatic carbocycles. The molecule has 6 nitrogen and oxygen atoms in total. The summed E-state index contributed by atoms with van der Waals surface area (Å²) in [7, 11) is 0. The van der Waals surface area contributed by atoms with E-state index in [0.29, 0.717) is 17.3 Å². The summed E-state index contributed by atoms with van der Waals surface area (Å²) in [5.41, 5.74) is 0.755. The van der Waals surface area contributed by atoms with Gasteiger partial charge in [0.1, 0.15) is 5.82 Å². The Hall–Kier alpha value is -1.69. The molecule has 0 saturated carbocycles. The minimum atomic E-state index is -0.330. The molecule has 1 N–H and O–H groups in total. The summed E-state index contributed by atoms with van der Waals surface area (Å²) in [6, 6.07) is 1.88. The van der Waals surface area contributed by atoms with Crippen molar-refractivity contribution in [2.45, 2.75) is 39.7 Å². The van der Waals surface area contributed by atoms with Gasteiger partial charge in [-0.2, -0.15) is 0 Å². The molecule has 0 aliphatic carbocycles. The van der Waals surface area contributed by atoms with Gasteiger partial charge in [0.05, 0.1) is 11.0 Å². The van der Waals surface area contributed by atoms with Crippen molar-refractivity contribution in [3.63, 3.8) is 0 Å². The number of rotatable bonds is 5. The highest BCUT2D eigenvalue weighted by Gasteiger charge is 2.22. The summed E-state index contributed by atoms with van der Waals surface area (Å²) < 4.78 is 0. The van der Waals surface area contributed by atoms with E-state index in [1.807, 2.05) is 0 Å². The smallest absolute Gasteiger partial charge is 0.277 e. The first-order valence-electron chi connectivity index (χ1n) is 7.57. The molecule has 1 aromatic rings. The number of nitro groups is 1. The zero-order valence-electron chi connectivity index (χ0n) is 13.0. The fourth-order valence-corrected chi connectivity index (χ4v) is 2.77. The van der Waals surface area contributed by atoms with Crippen LogP contribution in [0.25, 0.3) is 0 Å². The molecular formula is C15H24N4O2. The van der Waals surface area contributed by atoms with Crippen molar-refractivity contribution in [3.8, 4) is 0 Å². The number of anilines is 1. The number of nitrogens with zero attached hydrogens (tertiary/aromatic N) is 3. The van der Waals surface area contributed by atoms with Gasteiger partial charge >= 0.3 is 0 Å². The highest BCUT2D eigenvalue weighted by Crippen LogP contribution is 2.25. The van der Waals surface area contributed by atoms with Gasteiger partial charge in [0.25, 0.3) is 5.69 Å². The maximum Gasteiger partial charge on any atom is 0.277 e. The van der Waals surface area contributed by atoms with Crippen molar-refractivity contribution in [3.05, 3.63) is 27.9 Å². The van der Waals surface area contributed by atoms with E-state index >= 15 is 0 Å². The molecule has 0 spiro atoms. The molecule has 1 aliphatic rings. The lowest BCUT2D eigenvalue weighted by atomic mass is 9.97. The van der Waals surface area contributed by atoms with Gasteiger partial charge in [-0.05, 0) is 52.6 Å². The lowest BCUT2D eigenvalue weighted by molar-refractivity contribution is -0.385. The normalized spacial score (nSPS) is 16.2. The van der Waals surface area contributed by atoms with Crippen LogP contribution in [0.2, 0.25) is 0 Å². The van der Waals surface area contributed by atoms with Gasteiger partial charge < -0.3 is 10.2 Å². The Morgan fingerprint density at radius 3 is 2.71 bits per heavy atom. The van der Waals surface area contributed by atoms with Crippen LogP contribution < -0.4 is 10.2 Å². The second-order valence-electron chi connectivity index (χ2n) is 6.03. The molecule has 2 heterocycles. The second-order valence-corrected chi connectivity index (χ2v) is 6.03. The monoisotopic (exact) mass is 292 g/mol. The van der Waals surface area contributed by atoms with E-state index < -0.39 is 0 Å². The average molecular weight is 292 g/mol. The van der Waals surface area contributed by atoms with Gasteiger partial charge in [0.15, 0.2) is 0 Å². The number of nitrogens with one attached hydrogen (secondary N) is 1. The first-order valence-corrected chi connectivity index (χ1v) is 7.57. The second kappa shape index (κ2) is 6.85. The van der Waals surface area contributed by atoms with Gasteiger partial charge in [-0.25, -0.2) is 4.98 Å². The van der Waals surface area contributed by atoms with Crippen molar-refractivity contribution in [2.24, 2.45) is 5.92 Å². The van der Waals surface area contributed by atoms with E-state index in [1.165, 1.54) is 0 Å². The van der Waals surface area contributed by atoms with Crippen LogP contribution in [-0.4, -0.2) is 35.6 Å². The van der Waals surface area contributed by atoms with E-state index in [2.05, 4.69) is 29.0 Å². The number of hydrogen-bond acceptors (Lipinski definition) is 5. The molecule has 2 rings (SSSR count). The predicted molar refractivity (Wildman–Crippen MR) is 83.7 cm³/mol. The quantitative estimate of drug-likeness (QED) is 0.667. The Kier molecular flexibility index (Phi) is 5.12. The molecule has 1 fully saturated rings. The Balaban J connectivity index is 2.21. The molecule has 0 bridgehead atoms. The molecule has 116 valence electrons. The Labute approximate surface area is 125 Å². The first-order chi connectivity index (χ1) is 9.99. The summed E-state index contributed by atoms with van der Waals surface area (Å²) in [6.45, 7) is 8.95. The Morgan fingerprint density at radius 2 is 2.14 bits per heavy atom. The highest BCUT2D eigenvalue weighted by molar-refractivity contribution is 5.51. The van der Waals surface area contributed by atoms with E-state index in [9.17, 15) is 10.1 Å². The lowest BCUT2D eigenvalue weighted by Gasteiger charge is -2.33. The SMILES string of the molecule is Cc1cnc(N(CC2CCNCC2)C(C)C)cc1[N+](=O)[O-]. The summed E-state index contributed by atoms with van der Waals surface area (Å²) in [5, 5.41) is 14.5. The highest BCUT2D eigenvalue weighted by atomic mass is 16.6. The fraction of sp³-hybridized carbons (Fsp3) is 0.667. The molecule has 1 aliphatic heterocycles. The third kappa shape index (κ3) is 3.91. The van der Waals surface area contributed by atoms with Gasteiger partial charge in [-0.3, -0.25) is 10.1 Å². The van der Waals surface area contributed by atoms with Gasteiger partial charge in [-0.1, -0.05) is 0 Å². The molecule has 1 aromatic heterocycles. The molecule has 0 atom stereocenters. The van der Waals surface area contributed by atoms with Crippen LogP contribution in [0.15, 0.2) is 12.3 Å². The van der Waals surface area contributed by atoms with Gasteiger partial charge in [0.2, 0.25) is 0 Å². The number of hydrogen-bond donors (Lipinski definition) is 1. The summed E-state index contributed by atoms with van der Waals surface area (Å²) >= 11 is 0. The first kappa shape index (κ1) is 15.7. The van der Waals surface area contributed by atoms with Crippen LogP contribution in [0.4, 0.5) is 11.5 Å². The molecular weight excluding hydrogens is 268 g/mol. The van der Waals surface area contributed by atoms with Crippen LogP contribution in [0, 0.1) is 23.0 Å².